The quantitative estimate of drug-likeness (QED) is 0.0363. The third kappa shape index (κ3) is 22.2. The number of rotatable bonds is 18. The number of Topliss-reactive ketones (excluding diaryl/α,β-unsaturated/α-hetero) is 3. The second-order valence-corrected chi connectivity index (χ2v) is 26.9. The van der Waals surface area contributed by atoms with E-state index in [1.807, 2.05) is 112 Å². The van der Waals surface area contributed by atoms with Crippen LogP contribution in [0.3, 0.4) is 0 Å². The van der Waals surface area contributed by atoms with Gasteiger partial charge in [0.25, 0.3) is 0 Å². The van der Waals surface area contributed by atoms with Crippen LogP contribution in [-0.4, -0.2) is 121 Å². The molecule has 104 heavy (non-hydrogen) atoms. The minimum atomic E-state index is -1.11. The molecular weight excluding hydrogens is 1340 g/mol. The molecule has 0 saturated carbocycles. The first-order valence-corrected chi connectivity index (χ1v) is 35.1. The van der Waals surface area contributed by atoms with E-state index >= 15 is 0 Å². The van der Waals surface area contributed by atoms with E-state index in [4.69, 9.17) is 18.9 Å². The van der Waals surface area contributed by atoms with Crippen molar-refractivity contribution in [1.29, 1.82) is 0 Å². The molecule has 3 aliphatic heterocycles. The van der Waals surface area contributed by atoms with Crippen LogP contribution in [0.1, 0.15) is 170 Å². The summed E-state index contributed by atoms with van der Waals surface area (Å²) in [5.74, 6) is -3.62. The predicted molar refractivity (Wildman–Crippen MR) is 393 cm³/mol. The molecule has 6 heterocycles. The summed E-state index contributed by atoms with van der Waals surface area (Å²) in [4.78, 5) is 130. The van der Waals surface area contributed by atoms with Crippen LogP contribution in [0.5, 0.6) is 0 Å². The molecule has 20 heteroatoms. The van der Waals surface area contributed by atoms with Gasteiger partial charge in [-0.1, -0.05) is 164 Å². The predicted octanol–water partition coefficient (Wildman–Crippen LogP) is 15.4. The first-order valence-electron chi connectivity index (χ1n) is 34.7. The maximum Gasteiger partial charge on any atom is 0.410 e. The number of piperidine rings is 3. The first-order chi connectivity index (χ1) is 50.2. The summed E-state index contributed by atoms with van der Waals surface area (Å²) >= 11 is 4.64. The molecule has 3 aliphatic rings. The van der Waals surface area contributed by atoms with E-state index in [1.165, 1.54) is 31.8 Å². The number of amides is 2. The van der Waals surface area contributed by atoms with E-state index in [1.54, 1.807) is 149 Å². The Hall–Kier alpha value is -11.2. The van der Waals surface area contributed by atoms with Crippen molar-refractivity contribution in [3.05, 3.63) is 306 Å². The number of benzene rings is 6. The number of hydrogen-bond acceptors (Lipinski definition) is 17. The summed E-state index contributed by atoms with van der Waals surface area (Å²) in [6.07, 6.45) is 5.26. The Morgan fingerprint density at radius 1 is 0.404 bits per heavy atom. The lowest BCUT2D eigenvalue weighted by molar-refractivity contribution is -0.134. The Kier molecular flexibility index (Phi) is 28.3. The lowest BCUT2D eigenvalue weighted by atomic mass is 9.84. The number of carbonyl (C=O) groups excluding carboxylic acids is 9. The number of nitrogens with zero attached hydrogens (tertiary/aromatic N) is 5. The van der Waals surface area contributed by atoms with E-state index in [2.05, 4.69) is 44.0 Å². The Balaban J connectivity index is 0.000000177. The number of carbonyl (C=O) groups is 9. The van der Waals surface area contributed by atoms with Crippen LogP contribution in [0.15, 0.2) is 255 Å². The normalized spacial score (nSPS) is 18.5. The number of nitrogens with one attached hydrogen (secondary N) is 1. The van der Waals surface area contributed by atoms with Crippen LogP contribution in [0.2, 0.25) is 0 Å². The third-order valence-electron chi connectivity index (χ3n) is 17.8. The van der Waals surface area contributed by atoms with Crippen LogP contribution in [0.25, 0.3) is 0 Å². The first kappa shape index (κ1) is 77.0. The molecule has 3 saturated heterocycles. The second-order valence-electron chi connectivity index (χ2n) is 26.3. The van der Waals surface area contributed by atoms with E-state index in [9.17, 15) is 43.2 Å². The molecule has 3 fully saturated rings. The molecule has 9 aromatic rings. The standard InChI is InChI=1S/C30H32N2O5.C27H26N2O4.C25H24N2O3.C2H3ClO/c1-30(2,3)37-29(35)32-20-23(17-18-25(32)21-12-6-4-7-13-21)27(26(33)24-16-10-11-19-31-24)36-28(34)22-14-8-5-9-15-22;1-19(30)29-18-22(15-16-24(29)20-10-4-2-5-11-20)26(25(31)23-14-8-9-17-28-23)33-27(32)21-12-6-3-7-13-21;28-23(22-13-7-8-16-26-22)24(30-25(29)19-11-5-2-6-12-19)20-14-15-21(27-17-20)18-9-3-1-4-10-18;1-2(3)4/h4-16,19,23,25,27H,17-18,20H2,1-3H3;2-14,17,22,24,26H,15-16,18H2,1H3;1-13,16,20-21,24,27H,14-15,17H2;1H3. The summed E-state index contributed by atoms with van der Waals surface area (Å²) in [6, 6.07) is 71.0. The van der Waals surface area contributed by atoms with Gasteiger partial charge in [0.15, 0.2) is 18.3 Å². The lowest BCUT2D eigenvalue weighted by Crippen LogP contribution is -2.49. The molecule has 3 aromatic heterocycles. The smallest absolute Gasteiger partial charge is 0.410 e. The highest BCUT2D eigenvalue weighted by Gasteiger charge is 2.44. The molecular formula is C84H85ClN6O13. The highest BCUT2D eigenvalue weighted by molar-refractivity contribution is 6.62. The summed E-state index contributed by atoms with van der Waals surface area (Å²) in [7, 11) is 0. The summed E-state index contributed by atoms with van der Waals surface area (Å²) < 4.78 is 23.1. The number of aromatic nitrogens is 3. The molecule has 2 amide bonds. The van der Waals surface area contributed by atoms with E-state index in [0.29, 0.717) is 61.2 Å². The molecule has 1 N–H and O–H groups in total. The highest BCUT2D eigenvalue weighted by Crippen LogP contribution is 2.39. The van der Waals surface area contributed by atoms with Gasteiger partial charge in [-0.05, 0) is 160 Å². The van der Waals surface area contributed by atoms with Gasteiger partial charge in [0.1, 0.15) is 22.7 Å². The zero-order chi connectivity index (χ0) is 74.0. The number of halogens is 1. The van der Waals surface area contributed by atoms with Gasteiger partial charge in [-0.15, -0.1) is 0 Å². The Labute approximate surface area is 611 Å². The summed E-state index contributed by atoms with van der Waals surface area (Å²) in [5, 5.41) is 3.16. The maximum atomic E-state index is 13.6. The van der Waals surface area contributed by atoms with Gasteiger partial charge < -0.3 is 34.1 Å². The molecule has 0 radical (unpaired) electrons. The van der Waals surface area contributed by atoms with Crippen molar-refractivity contribution in [3.63, 3.8) is 0 Å². The number of pyridine rings is 3. The van der Waals surface area contributed by atoms with Gasteiger partial charge in [0, 0.05) is 75.9 Å². The highest BCUT2D eigenvalue weighted by atomic mass is 35.5. The van der Waals surface area contributed by atoms with E-state index in [-0.39, 0.29) is 70.6 Å². The van der Waals surface area contributed by atoms with Crippen molar-refractivity contribution in [2.45, 2.75) is 115 Å². The van der Waals surface area contributed by atoms with Gasteiger partial charge in [-0.2, -0.15) is 0 Å². The van der Waals surface area contributed by atoms with Gasteiger partial charge >= 0.3 is 24.0 Å². The van der Waals surface area contributed by atoms with E-state index in [0.717, 1.165) is 24.0 Å². The zero-order valence-electron chi connectivity index (χ0n) is 58.7. The van der Waals surface area contributed by atoms with Crippen LogP contribution >= 0.6 is 11.6 Å². The van der Waals surface area contributed by atoms with Crippen molar-refractivity contribution in [2.75, 3.05) is 19.6 Å². The summed E-state index contributed by atoms with van der Waals surface area (Å²) in [6.45, 7) is 9.38. The molecule has 12 rings (SSSR count). The fourth-order valence-electron chi connectivity index (χ4n) is 12.8. The topological polar surface area (TPSA) is 248 Å². The maximum absolute atomic E-state index is 13.6. The molecule has 0 bridgehead atoms. The molecule has 536 valence electrons. The number of hydrogen-bond donors (Lipinski definition) is 1. The van der Waals surface area contributed by atoms with Gasteiger partial charge in [-0.25, -0.2) is 19.2 Å². The number of ketones is 3. The van der Waals surface area contributed by atoms with Crippen molar-refractivity contribution in [3.8, 4) is 0 Å². The minimum Gasteiger partial charge on any atom is -0.450 e. The molecule has 0 spiro atoms. The van der Waals surface area contributed by atoms with Crippen LogP contribution < -0.4 is 5.32 Å². The molecule has 9 atom stereocenters. The lowest BCUT2D eigenvalue weighted by Gasteiger charge is -2.42. The summed E-state index contributed by atoms with van der Waals surface area (Å²) in [5.41, 5.74) is 4.50. The average molecular weight is 1420 g/mol. The number of likely N-dealkylation sites (tertiary alicyclic amines) is 2. The number of ether oxygens (including phenoxy) is 4. The van der Waals surface area contributed by atoms with Gasteiger partial charge in [-0.3, -0.25) is 38.9 Å². The van der Waals surface area contributed by atoms with Gasteiger partial charge in [0.2, 0.25) is 28.5 Å². The number of esters is 3. The monoisotopic (exact) mass is 1420 g/mol. The second kappa shape index (κ2) is 38.2. The molecule has 6 aromatic carbocycles. The molecule has 0 aliphatic carbocycles. The van der Waals surface area contributed by atoms with Crippen molar-refractivity contribution >= 4 is 64.1 Å². The van der Waals surface area contributed by atoms with E-state index < -0.39 is 59.6 Å². The molecule has 19 nitrogen and oxygen atoms in total. The van der Waals surface area contributed by atoms with Crippen molar-refractivity contribution in [2.24, 2.45) is 17.8 Å². The van der Waals surface area contributed by atoms with Crippen LogP contribution in [0, 0.1) is 17.8 Å². The Bertz CT molecular complexity index is 4250. The fraction of sp³-hybridized carbons (Fsp3) is 0.286. The Morgan fingerprint density at radius 2 is 0.712 bits per heavy atom. The van der Waals surface area contributed by atoms with Crippen LogP contribution in [-0.2, 0) is 28.5 Å². The molecule has 9 unspecified atom stereocenters. The average Bonchev–Trinajstić information content (AvgIpc) is 0.799. The van der Waals surface area contributed by atoms with Crippen molar-refractivity contribution < 1.29 is 62.1 Å². The zero-order valence-corrected chi connectivity index (χ0v) is 59.5. The van der Waals surface area contributed by atoms with Crippen molar-refractivity contribution in [1.82, 2.24) is 30.1 Å². The van der Waals surface area contributed by atoms with Gasteiger partial charge in [0.05, 0.1) is 28.8 Å². The fourth-order valence-corrected chi connectivity index (χ4v) is 12.8. The van der Waals surface area contributed by atoms with Crippen LogP contribution in [0.4, 0.5) is 4.79 Å². The SMILES string of the molecule is CC(=O)Cl.CC(=O)N1CC(C(OC(=O)c2ccccc2)C(=O)c2ccccn2)CCC1c1ccccc1.CC(C)(C)OC(=O)N1CC(C(OC(=O)c2ccccc2)C(=O)c2ccccn2)CCC1c1ccccc1.O=C(OC(C(=O)c1ccccn1)C1CCC(c2ccccc2)NC1)c1ccccc1. The largest absolute Gasteiger partial charge is 0.450 e. The Morgan fingerprint density at radius 3 is 1.03 bits per heavy atom. The third-order valence-corrected chi connectivity index (χ3v) is 17.8. The minimum absolute atomic E-state index is 0.0737.